The molecule has 0 aliphatic heterocycles. The Morgan fingerprint density at radius 3 is 2.38 bits per heavy atom. The van der Waals surface area contributed by atoms with Gasteiger partial charge in [0.15, 0.2) is 0 Å². The Balaban J connectivity index is 2.73. The van der Waals surface area contributed by atoms with Crippen LogP contribution in [0.5, 0.6) is 0 Å². The van der Waals surface area contributed by atoms with Crippen molar-refractivity contribution in [2.45, 2.75) is 12.5 Å². The van der Waals surface area contributed by atoms with Gasteiger partial charge < -0.3 is 14.9 Å². The standard InChI is InChI=1S/C9H12NO4PS/c11-9(12)8(10-15(13,14)16)6-7-4-2-1-3-5-7/h1-5,8H,6H2,(H,11,12)(H3,10,13,14,16)/t8-/m0/s1. The first-order chi connectivity index (χ1) is 7.38. The summed E-state index contributed by atoms with van der Waals surface area (Å²) in [7, 11) is 0. The zero-order valence-electron chi connectivity index (χ0n) is 8.28. The van der Waals surface area contributed by atoms with Crippen molar-refractivity contribution in [2.24, 2.45) is 0 Å². The topological polar surface area (TPSA) is 89.8 Å². The minimum Gasteiger partial charge on any atom is -0.480 e. The third-order valence-electron chi connectivity index (χ3n) is 1.90. The Bertz CT molecular complexity index is 405. The van der Waals surface area contributed by atoms with E-state index < -0.39 is 18.7 Å². The van der Waals surface area contributed by atoms with E-state index in [4.69, 9.17) is 14.9 Å². The third kappa shape index (κ3) is 4.83. The summed E-state index contributed by atoms with van der Waals surface area (Å²) >= 11 is 4.34. The van der Waals surface area contributed by atoms with Crippen LogP contribution >= 0.6 is 6.64 Å². The second kappa shape index (κ2) is 5.52. The maximum absolute atomic E-state index is 10.9. The predicted molar refractivity (Wildman–Crippen MR) is 63.4 cm³/mol. The predicted octanol–water partition coefficient (Wildman–Crippen LogP) is 0.481. The zero-order chi connectivity index (χ0) is 12.2. The molecule has 1 aromatic rings. The number of carbonyl (C=O) groups is 1. The maximum atomic E-state index is 10.9. The first-order valence-electron chi connectivity index (χ1n) is 4.48. The highest BCUT2D eigenvalue weighted by Crippen LogP contribution is 2.30. The van der Waals surface area contributed by atoms with Crippen LogP contribution in [0, 0.1) is 0 Å². The molecular formula is C9H12NO4PS. The Morgan fingerprint density at radius 1 is 1.38 bits per heavy atom. The molecule has 0 bridgehead atoms. The molecule has 0 aliphatic carbocycles. The lowest BCUT2D eigenvalue weighted by Crippen LogP contribution is -2.36. The third-order valence-corrected chi connectivity index (χ3v) is 2.87. The van der Waals surface area contributed by atoms with Crippen molar-refractivity contribution in [2.75, 3.05) is 0 Å². The molecule has 0 radical (unpaired) electrons. The zero-order valence-corrected chi connectivity index (χ0v) is 9.99. The van der Waals surface area contributed by atoms with E-state index in [0.717, 1.165) is 5.56 Å². The van der Waals surface area contributed by atoms with E-state index in [0.29, 0.717) is 0 Å². The Labute approximate surface area is 98.0 Å². The molecule has 1 rings (SSSR count). The van der Waals surface area contributed by atoms with Gasteiger partial charge in [-0.1, -0.05) is 30.3 Å². The summed E-state index contributed by atoms with van der Waals surface area (Å²) in [6.07, 6.45) is 0.148. The minimum absolute atomic E-state index is 0.148. The summed E-state index contributed by atoms with van der Waals surface area (Å²) in [5.41, 5.74) is 0.783. The molecule has 0 saturated carbocycles. The fraction of sp³-hybridized carbons (Fsp3) is 0.222. The van der Waals surface area contributed by atoms with Crippen LogP contribution in [0.1, 0.15) is 5.56 Å². The van der Waals surface area contributed by atoms with E-state index >= 15 is 0 Å². The van der Waals surface area contributed by atoms with Crippen molar-refractivity contribution >= 4 is 24.4 Å². The minimum atomic E-state index is -3.71. The fourth-order valence-corrected chi connectivity index (χ4v) is 2.23. The van der Waals surface area contributed by atoms with Crippen molar-refractivity contribution in [3.05, 3.63) is 35.9 Å². The molecule has 1 atom stereocenters. The van der Waals surface area contributed by atoms with Crippen molar-refractivity contribution < 1.29 is 19.7 Å². The molecule has 0 amide bonds. The molecule has 0 fully saturated rings. The Kier molecular flexibility index (Phi) is 4.58. The first kappa shape index (κ1) is 13.3. The van der Waals surface area contributed by atoms with E-state index in [9.17, 15) is 4.79 Å². The number of benzene rings is 1. The molecule has 0 unspecified atom stereocenters. The van der Waals surface area contributed by atoms with Crippen LogP contribution in [-0.2, 0) is 23.0 Å². The van der Waals surface area contributed by atoms with E-state index in [1.54, 1.807) is 24.3 Å². The molecule has 0 aromatic heterocycles. The number of hydrogen-bond donors (Lipinski definition) is 4. The van der Waals surface area contributed by atoms with Crippen LogP contribution in [0.4, 0.5) is 0 Å². The van der Waals surface area contributed by atoms with E-state index in [2.05, 4.69) is 16.9 Å². The summed E-state index contributed by atoms with van der Waals surface area (Å²) in [5, 5.41) is 11.0. The monoisotopic (exact) mass is 261 g/mol. The van der Waals surface area contributed by atoms with E-state index in [1.807, 2.05) is 6.07 Å². The Hall–Kier alpha value is -0.780. The quantitative estimate of drug-likeness (QED) is 0.576. The molecule has 1 aromatic carbocycles. The first-order valence-corrected chi connectivity index (χ1v) is 7.19. The summed E-state index contributed by atoms with van der Waals surface area (Å²) < 4.78 is 0. The summed E-state index contributed by atoms with van der Waals surface area (Å²) in [6, 6.07) is 7.80. The van der Waals surface area contributed by atoms with Gasteiger partial charge in [-0.3, -0.25) is 4.79 Å². The summed E-state index contributed by atoms with van der Waals surface area (Å²) in [5.74, 6) is -1.17. The van der Waals surface area contributed by atoms with Crippen LogP contribution in [0.25, 0.3) is 0 Å². The van der Waals surface area contributed by atoms with Gasteiger partial charge in [0.05, 0.1) is 0 Å². The normalized spacial score (nSPS) is 13.4. The molecular weight excluding hydrogens is 249 g/mol. The molecule has 16 heavy (non-hydrogen) atoms. The molecule has 0 saturated heterocycles. The van der Waals surface area contributed by atoms with Crippen LogP contribution in [0.2, 0.25) is 0 Å². The molecule has 5 nitrogen and oxygen atoms in total. The van der Waals surface area contributed by atoms with Gasteiger partial charge in [0, 0.05) is 0 Å². The van der Waals surface area contributed by atoms with Crippen molar-refractivity contribution in [3.8, 4) is 0 Å². The van der Waals surface area contributed by atoms with Crippen molar-refractivity contribution in [1.29, 1.82) is 0 Å². The van der Waals surface area contributed by atoms with Crippen LogP contribution in [-0.4, -0.2) is 26.9 Å². The summed E-state index contributed by atoms with van der Waals surface area (Å²) in [4.78, 5) is 28.9. The number of hydrogen-bond acceptors (Lipinski definition) is 2. The van der Waals surface area contributed by atoms with Gasteiger partial charge in [0.1, 0.15) is 6.04 Å². The van der Waals surface area contributed by atoms with E-state index in [1.165, 1.54) is 0 Å². The molecule has 0 aliphatic rings. The second-order valence-electron chi connectivity index (χ2n) is 3.25. The van der Waals surface area contributed by atoms with Gasteiger partial charge in [0.2, 0.25) is 0 Å². The number of carboxylic acid groups (broad SMARTS) is 1. The lowest BCUT2D eigenvalue weighted by Gasteiger charge is -2.17. The average Bonchev–Trinajstić information content (AvgIpc) is 2.16. The molecule has 4 N–H and O–H groups in total. The smallest absolute Gasteiger partial charge is 0.321 e. The van der Waals surface area contributed by atoms with Gasteiger partial charge in [-0.25, -0.2) is 5.09 Å². The van der Waals surface area contributed by atoms with Crippen molar-refractivity contribution in [1.82, 2.24) is 5.09 Å². The van der Waals surface area contributed by atoms with Gasteiger partial charge in [0.25, 0.3) is 6.64 Å². The number of rotatable bonds is 5. The fourth-order valence-electron chi connectivity index (χ4n) is 1.24. The van der Waals surface area contributed by atoms with Crippen molar-refractivity contribution in [3.63, 3.8) is 0 Å². The molecule has 0 spiro atoms. The number of carboxylic acids is 1. The molecule has 88 valence electrons. The van der Waals surface area contributed by atoms with E-state index in [-0.39, 0.29) is 6.42 Å². The second-order valence-corrected chi connectivity index (χ2v) is 6.13. The van der Waals surface area contributed by atoms with Crippen LogP contribution < -0.4 is 5.09 Å². The largest absolute Gasteiger partial charge is 0.480 e. The van der Waals surface area contributed by atoms with Crippen LogP contribution in [0.15, 0.2) is 30.3 Å². The van der Waals surface area contributed by atoms with Gasteiger partial charge in [-0.2, -0.15) is 0 Å². The highest BCUT2D eigenvalue weighted by atomic mass is 32.5. The lowest BCUT2D eigenvalue weighted by molar-refractivity contribution is -0.139. The Morgan fingerprint density at radius 2 is 1.94 bits per heavy atom. The van der Waals surface area contributed by atoms with Gasteiger partial charge in [-0.05, 0) is 23.8 Å². The van der Waals surface area contributed by atoms with Crippen LogP contribution in [0.3, 0.4) is 0 Å². The number of nitrogens with one attached hydrogen (secondary N) is 1. The lowest BCUT2D eigenvalue weighted by atomic mass is 10.1. The highest BCUT2D eigenvalue weighted by Gasteiger charge is 2.23. The average molecular weight is 261 g/mol. The highest BCUT2D eigenvalue weighted by molar-refractivity contribution is 8.08. The van der Waals surface area contributed by atoms with Gasteiger partial charge >= 0.3 is 5.97 Å². The molecule has 7 heteroatoms. The van der Waals surface area contributed by atoms with Gasteiger partial charge in [-0.15, -0.1) is 0 Å². The summed E-state index contributed by atoms with van der Waals surface area (Å²) in [6.45, 7) is -3.71. The molecule has 0 heterocycles. The maximum Gasteiger partial charge on any atom is 0.321 e. The number of aliphatic carboxylic acids is 1. The SMILES string of the molecule is O=C(O)[C@H](Cc1ccccc1)NP(O)(O)=S.